The van der Waals surface area contributed by atoms with Crippen molar-refractivity contribution in [2.45, 2.75) is 32.7 Å². The van der Waals surface area contributed by atoms with Gasteiger partial charge in [0.2, 0.25) is 0 Å². The second-order valence-electron chi connectivity index (χ2n) is 5.54. The van der Waals surface area contributed by atoms with Crippen molar-refractivity contribution in [1.82, 2.24) is 9.36 Å². The van der Waals surface area contributed by atoms with Gasteiger partial charge in [-0.1, -0.05) is 13.0 Å². The fourth-order valence-electron chi connectivity index (χ4n) is 2.89. The molecule has 0 aromatic carbocycles. The Morgan fingerprint density at radius 3 is 3.00 bits per heavy atom. The van der Waals surface area contributed by atoms with Crippen molar-refractivity contribution in [2.75, 3.05) is 17.2 Å². The SMILES string of the molecule is CC1CCCN(c2snc(N)c2-c2cccnc2)C1C. The van der Waals surface area contributed by atoms with E-state index in [0.29, 0.717) is 17.8 Å². The number of nitrogen functional groups attached to an aromatic ring is 1. The Bertz CT molecular complexity index is 581. The van der Waals surface area contributed by atoms with Gasteiger partial charge in [-0.3, -0.25) is 4.98 Å². The van der Waals surface area contributed by atoms with Gasteiger partial charge in [0.25, 0.3) is 0 Å². The van der Waals surface area contributed by atoms with Gasteiger partial charge in [-0.2, -0.15) is 4.37 Å². The number of piperidine rings is 1. The molecule has 2 aromatic rings. The molecule has 1 fully saturated rings. The normalized spacial score (nSPS) is 23.0. The van der Waals surface area contributed by atoms with Crippen molar-refractivity contribution in [3.63, 3.8) is 0 Å². The van der Waals surface area contributed by atoms with Gasteiger partial charge in [-0.15, -0.1) is 0 Å². The lowest BCUT2D eigenvalue weighted by atomic mass is 9.92. The highest BCUT2D eigenvalue weighted by Gasteiger charge is 2.29. The first kappa shape index (κ1) is 13.4. The molecule has 0 aliphatic carbocycles. The smallest absolute Gasteiger partial charge is 0.147 e. The Kier molecular flexibility index (Phi) is 3.61. The monoisotopic (exact) mass is 288 g/mol. The molecule has 5 heteroatoms. The van der Waals surface area contributed by atoms with Gasteiger partial charge in [-0.25, -0.2) is 0 Å². The zero-order valence-electron chi connectivity index (χ0n) is 11.9. The van der Waals surface area contributed by atoms with Crippen molar-refractivity contribution >= 4 is 22.4 Å². The van der Waals surface area contributed by atoms with Gasteiger partial charge < -0.3 is 10.6 Å². The predicted octanol–water partition coefficient (Wildman–Crippen LogP) is 3.41. The average molecular weight is 288 g/mol. The lowest BCUT2D eigenvalue weighted by Gasteiger charge is -2.39. The molecule has 2 atom stereocenters. The topological polar surface area (TPSA) is 55.0 Å². The Morgan fingerprint density at radius 1 is 1.40 bits per heavy atom. The zero-order valence-corrected chi connectivity index (χ0v) is 12.7. The van der Waals surface area contributed by atoms with Crippen LogP contribution < -0.4 is 10.6 Å². The van der Waals surface area contributed by atoms with Crippen molar-refractivity contribution < 1.29 is 0 Å². The highest BCUT2D eigenvalue weighted by molar-refractivity contribution is 7.11. The fraction of sp³-hybridized carbons (Fsp3) is 0.467. The van der Waals surface area contributed by atoms with Gasteiger partial charge in [0.15, 0.2) is 0 Å². The van der Waals surface area contributed by atoms with Crippen LogP contribution in [0.1, 0.15) is 26.7 Å². The van der Waals surface area contributed by atoms with Crippen LogP contribution in [0.5, 0.6) is 0 Å². The van der Waals surface area contributed by atoms with E-state index in [1.54, 1.807) is 6.20 Å². The third kappa shape index (κ3) is 2.26. The molecule has 0 radical (unpaired) electrons. The second kappa shape index (κ2) is 5.40. The van der Waals surface area contributed by atoms with Crippen LogP contribution in [0.2, 0.25) is 0 Å². The van der Waals surface area contributed by atoms with E-state index in [2.05, 4.69) is 34.2 Å². The summed E-state index contributed by atoms with van der Waals surface area (Å²) in [5.74, 6) is 1.32. The molecule has 106 valence electrons. The van der Waals surface area contributed by atoms with Gasteiger partial charge in [0.05, 0.1) is 5.56 Å². The molecule has 20 heavy (non-hydrogen) atoms. The first-order chi connectivity index (χ1) is 9.68. The Labute approximate surface area is 123 Å². The van der Waals surface area contributed by atoms with E-state index in [-0.39, 0.29) is 0 Å². The quantitative estimate of drug-likeness (QED) is 0.920. The van der Waals surface area contributed by atoms with Crippen molar-refractivity contribution in [3.8, 4) is 11.1 Å². The van der Waals surface area contributed by atoms with E-state index in [0.717, 1.165) is 17.7 Å². The maximum Gasteiger partial charge on any atom is 0.147 e. The van der Waals surface area contributed by atoms with Gasteiger partial charge >= 0.3 is 0 Å². The minimum Gasteiger partial charge on any atom is -0.382 e. The van der Waals surface area contributed by atoms with Crippen LogP contribution in [-0.4, -0.2) is 21.9 Å². The van der Waals surface area contributed by atoms with E-state index in [9.17, 15) is 0 Å². The summed E-state index contributed by atoms with van der Waals surface area (Å²) in [5, 5.41) is 1.19. The summed E-state index contributed by atoms with van der Waals surface area (Å²) < 4.78 is 4.38. The van der Waals surface area contributed by atoms with Gasteiger partial charge in [-0.05, 0) is 43.3 Å². The van der Waals surface area contributed by atoms with E-state index in [4.69, 9.17) is 5.73 Å². The predicted molar refractivity (Wildman–Crippen MR) is 85.0 cm³/mol. The number of aromatic nitrogens is 2. The molecule has 0 saturated carbocycles. The summed E-state index contributed by atoms with van der Waals surface area (Å²) in [4.78, 5) is 6.67. The van der Waals surface area contributed by atoms with E-state index >= 15 is 0 Å². The Balaban J connectivity index is 2.03. The van der Waals surface area contributed by atoms with E-state index < -0.39 is 0 Å². The Hall–Kier alpha value is -1.62. The summed E-state index contributed by atoms with van der Waals surface area (Å²) in [6.07, 6.45) is 6.18. The summed E-state index contributed by atoms with van der Waals surface area (Å²) >= 11 is 1.51. The van der Waals surface area contributed by atoms with Crippen molar-refractivity contribution in [3.05, 3.63) is 24.5 Å². The van der Waals surface area contributed by atoms with Crippen LogP contribution in [-0.2, 0) is 0 Å². The summed E-state index contributed by atoms with van der Waals surface area (Å²) in [5.41, 5.74) is 8.21. The van der Waals surface area contributed by atoms with Gasteiger partial charge in [0.1, 0.15) is 10.8 Å². The number of hydrogen-bond acceptors (Lipinski definition) is 5. The second-order valence-corrected chi connectivity index (χ2v) is 6.30. The lowest BCUT2D eigenvalue weighted by Crippen LogP contribution is -2.42. The highest BCUT2D eigenvalue weighted by Crippen LogP contribution is 2.42. The number of rotatable bonds is 2. The lowest BCUT2D eigenvalue weighted by molar-refractivity contribution is 0.365. The number of pyridine rings is 1. The van der Waals surface area contributed by atoms with Crippen LogP contribution >= 0.6 is 11.5 Å². The molecule has 0 amide bonds. The minimum absolute atomic E-state index is 0.527. The zero-order chi connectivity index (χ0) is 14.1. The maximum absolute atomic E-state index is 6.11. The molecule has 4 nitrogen and oxygen atoms in total. The average Bonchev–Trinajstić information content (AvgIpc) is 2.84. The highest BCUT2D eigenvalue weighted by atomic mass is 32.1. The number of hydrogen-bond donors (Lipinski definition) is 1. The summed E-state index contributed by atoms with van der Waals surface area (Å²) in [6, 6.07) is 4.52. The number of nitrogens with zero attached hydrogens (tertiary/aromatic N) is 3. The van der Waals surface area contributed by atoms with E-state index in [1.165, 1.54) is 29.4 Å². The Morgan fingerprint density at radius 2 is 2.25 bits per heavy atom. The molecule has 3 rings (SSSR count). The third-order valence-corrected chi connectivity index (χ3v) is 5.18. The molecule has 1 aliphatic rings. The van der Waals surface area contributed by atoms with Crippen LogP contribution in [0.3, 0.4) is 0 Å². The summed E-state index contributed by atoms with van der Waals surface area (Å²) in [6.45, 7) is 5.71. The molecule has 2 aromatic heterocycles. The summed E-state index contributed by atoms with van der Waals surface area (Å²) in [7, 11) is 0. The van der Waals surface area contributed by atoms with Gasteiger partial charge in [0, 0.05) is 30.5 Å². The van der Waals surface area contributed by atoms with Crippen molar-refractivity contribution in [2.24, 2.45) is 5.92 Å². The first-order valence-corrected chi connectivity index (χ1v) is 7.88. The molecule has 2 N–H and O–H groups in total. The largest absolute Gasteiger partial charge is 0.382 e. The molecular weight excluding hydrogens is 268 g/mol. The van der Waals surface area contributed by atoms with Crippen LogP contribution in [0.15, 0.2) is 24.5 Å². The molecule has 3 heterocycles. The fourth-order valence-corrected chi connectivity index (χ4v) is 3.85. The van der Waals surface area contributed by atoms with Crippen LogP contribution in [0.25, 0.3) is 11.1 Å². The number of nitrogens with two attached hydrogens (primary N) is 1. The minimum atomic E-state index is 0.527. The standard InChI is InChI=1S/C15H20N4S/c1-10-5-4-8-19(11(10)2)15-13(14(16)18-20-15)12-6-3-7-17-9-12/h3,6-7,9-11H,4-5,8H2,1-2H3,(H2,16,18). The third-order valence-electron chi connectivity index (χ3n) is 4.29. The van der Waals surface area contributed by atoms with Crippen molar-refractivity contribution in [1.29, 1.82) is 0 Å². The molecule has 2 unspecified atom stereocenters. The molecule has 0 spiro atoms. The molecule has 0 bridgehead atoms. The molecule has 1 saturated heterocycles. The first-order valence-electron chi connectivity index (χ1n) is 7.10. The number of anilines is 2. The molecular formula is C15H20N4S. The van der Waals surface area contributed by atoms with E-state index in [1.807, 2.05) is 12.3 Å². The van der Waals surface area contributed by atoms with Crippen LogP contribution in [0.4, 0.5) is 10.8 Å². The van der Waals surface area contributed by atoms with Crippen LogP contribution in [0, 0.1) is 5.92 Å². The maximum atomic E-state index is 6.11. The molecule has 1 aliphatic heterocycles.